The van der Waals surface area contributed by atoms with Crippen molar-refractivity contribution < 1.29 is 9.84 Å². The Hall–Kier alpha value is -2.00. The highest BCUT2D eigenvalue weighted by Crippen LogP contribution is 2.49. The number of fused-ring (bicyclic) bond motifs is 2. The molecule has 0 unspecified atom stereocenters. The molecule has 102 valence electrons. The van der Waals surface area contributed by atoms with Gasteiger partial charge in [0, 0.05) is 11.6 Å². The second-order valence-electron chi connectivity index (χ2n) is 5.49. The molecule has 1 aliphatic heterocycles. The summed E-state index contributed by atoms with van der Waals surface area (Å²) >= 11 is 0. The lowest BCUT2D eigenvalue weighted by atomic mass is 9.77. The Labute approximate surface area is 118 Å². The topological polar surface area (TPSA) is 41.5 Å². The highest BCUT2D eigenvalue weighted by atomic mass is 16.5. The van der Waals surface area contributed by atoms with Gasteiger partial charge in [-0.05, 0) is 47.7 Å². The number of rotatable bonds is 1. The van der Waals surface area contributed by atoms with Crippen molar-refractivity contribution in [1.29, 1.82) is 0 Å². The van der Waals surface area contributed by atoms with Crippen molar-refractivity contribution >= 4 is 0 Å². The van der Waals surface area contributed by atoms with Gasteiger partial charge in [-0.1, -0.05) is 24.3 Å². The van der Waals surface area contributed by atoms with Crippen LogP contribution in [0, 0.1) is 0 Å². The minimum atomic E-state index is 0.270. The summed E-state index contributed by atoms with van der Waals surface area (Å²) in [5, 5.41) is 14.2. The van der Waals surface area contributed by atoms with Crippen molar-refractivity contribution in [3.63, 3.8) is 0 Å². The number of hydrogen-bond acceptors (Lipinski definition) is 3. The molecule has 0 aromatic heterocycles. The van der Waals surface area contributed by atoms with Crippen LogP contribution in [0.2, 0.25) is 0 Å². The van der Waals surface area contributed by atoms with E-state index in [1.54, 1.807) is 7.11 Å². The van der Waals surface area contributed by atoms with Gasteiger partial charge in [0.05, 0.1) is 7.11 Å². The van der Waals surface area contributed by atoms with Gasteiger partial charge in [0.25, 0.3) is 0 Å². The highest BCUT2D eigenvalue weighted by Gasteiger charge is 2.32. The van der Waals surface area contributed by atoms with E-state index in [1.807, 2.05) is 12.1 Å². The monoisotopic (exact) mass is 267 g/mol. The minimum Gasteiger partial charge on any atom is -0.504 e. The van der Waals surface area contributed by atoms with Crippen LogP contribution in [-0.2, 0) is 12.8 Å². The summed E-state index contributed by atoms with van der Waals surface area (Å²) in [6.45, 7) is 0.979. The second kappa shape index (κ2) is 4.25. The Morgan fingerprint density at radius 2 is 2.10 bits per heavy atom. The maximum atomic E-state index is 10.6. The summed E-state index contributed by atoms with van der Waals surface area (Å²) in [6.07, 6.45) is 1.97. The van der Waals surface area contributed by atoms with Gasteiger partial charge < -0.3 is 15.2 Å². The van der Waals surface area contributed by atoms with E-state index in [2.05, 4.69) is 23.5 Å². The quantitative estimate of drug-likeness (QED) is 0.835. The van der Waals surface area contributed by atoms with E-state index in [4.69, 9.17) is 4.74 Å². The highest BCUT2D eigenvalue weighted by molar-refractivity contribution is 5.83. The Balaban J connectivity index is 2.08. The molecule has 2 aromatic carbocycles. The molecule has 3 heteroatoms. The van der Waals surface area contributed by atoms with Crippen molar-refractivity contribution in [2.45, 2.75) is 18.9 Å². The van der Waals surface area contributed by atoms with E-state index in [9.17, 15) is 5.11 Å². The second-order valence-corrected chi connectivity index (χ2v) is 5.49. The molecular weight excluding hydrogens is 250 g/mol. The Bertz CT molecular complexity index is 694. The Morgan fingerprint density at radius 1 is 1.25 bits per heavy atom. The number of ether oxygens (including phenoxy) is 1. The van der Waals surface area contributed by atoms with Crippen molar-refractivity contribution in [3.8, 4) is 22.6 Å². The predicted octanol–water partition coefficient (Wildman–Crippen LogP) is 2.81. The average molecular weight is 267 g/mol. The first-order chi connectivity index (χ1) is 9.79. The van der Waals surface area contributed by atoms with Crippen molar-refractivity contribution in [2.75, 3.05) is 13.7 Å². The number of phenols is 1. The Kier molecular flexibility index (Phi) is 2.51. The van der Waals surface area contributed by atoms with Crippen LogP contribution >= 0.6 is 0 Å². The molecule has 0 bridgehead atoms. The maximum Gasteiger partial charge on any atom is 0.166 e. The fourth-order valence-corrected chi connectivity index (χ4v) is 3.57. The van der Waals surface area contributed by atoms with E-state index >= 15 is 0 Å². The van der Waals surface area contributed by atoms with Crippen LogP contribution in [-0.4, -0.2) is 18.8 Å². The molecule has 4 rings (SSSR count). The van der Waals surface area contributed by atoms with Crippen LogP contribution in [0.4, 0.5) is 0 Å². The van der Waals surface area contributed by atoms with E-state index in [0.717, 1.165) is 30.5 Å². The van der Waals surface area contributed by atoms with Gasteiger partial charge in [-0.25, -0.2) is 0 Å². The van der Waals surface area contributed by atoms with E-state index < -0.39 is 0 Å². The molecule has 0 radical (unpaired) electrons. The number of methoxy groups -OCH3 is 1. The Morgan fingerprint density at radius 3 is 2.95 bits per heavy atom. The average Bonchev–Trinajstić information content (AvgIpc) is 2.49. The van der Waals surface area contributed by atoms with E-state index in [-0.39, 0.29) is 5.75 Å². The number of aromatic hydroxyl groups is 1. The molecule has 2 N–H and O–H groups in total. The third-order valence-electron chi connectivity index (χ3n) is 4.46. The van der Waals surface area contributed by atoms with Gasteiger partial charge in [-0.2, -0.15) is 0 Å². The van der Waals surface area contributed by atoms with Gasteiger partial charge in [0.1, 0.15) is 0 Å². The van der Waals surface area contributed by atoms with Crippen LogP contribution in [0.3, 0.4) is 0 Å². The van der Waals surface area contributed by atoms with Crippen LogP contribution in [0.15, 0.2) is 30.3 Å². The van der Waals surface area contributed by atoms with Crippen molar-refractivity contribution in [3.05, 3.63) is 47.0 Å². The van der Waals surface area contributed by atoms with Gasteiger partial charge in [-0.15, -0.1) is 0 Å². The zero-order valence-electron chi connectivity index (χ0n) is 11.4. The predicted molar refractivity (Wildman–Crippen MR) is 78.2 cm³/mol. The third kappa shape index (κ3) is 1.50. The molecule has 0 fully saturated rings. The number of hydrogen-bond donors (Lipinski definition) is 2. The summed E-state index contributed by atoms with van der Waals surface area (Å²) in [4.78, 5) is 0. The molecule has 0 saturated heterocycles. The third-order valence-corrected chi connectivity index (χ3v) is 4.46. The molecule has 1 atom stereocenters. The maximum absolute atomic E-state index is 10.6. The molecule has 2 aliphatic rings. The molecule has 3 nitrogen and oxygen atoms in total. The molecule has 0 spiro atoms. The van der Waals surface area contributed by atoms with E-state index in [1.165, 1.54) is 16.7 Å². The molecule has 20 heavy (non-hydrogen) atoms. The lowest BCUT2D eigenvalue weighted by Gasteiger charge is -2.35. The number of nitrogens with one attached hydrogen (secondary N) is 1. The first-order valence-electron chi connectivity index (χ1n) is 7.04. The van der Waals surface area contributed by atoms with Gasteiger partial charge in [-0.3, -0.25) is 0 Å². The molecule has 1 heterocycles. The fourth-order valence-electron chi connectivity index (χ4n) is 3.57. The molecular formula is C17H17NO2. The van der Waals surface area contributed by atoms with Crippen LogP contribution in [0.25, 0.3) is 11.1 Å². The van der Waals surface area contributed by atoms with Gasteiger partial charge in [0.15, 0.2) is 11.5 Å². The number of phenolic OH excluding ortho intramolecular Hbond substituents is 1. The SMILES string of the molecule is COc1cc2c3c(c1O)-c1ccccc1C[C@@H]3NCC2. The summed E-state index contributed by atoms with van der Waals surface area (Å²) in [5.41, 5.74) is 5.94. The first kappa shape index (κ1) is 11.8. The first-order valence-corrected chi connectivity index (χ1v) is 7.04. The molecule has 2 aromatic rings. The standard InChI is InChI=1S/C17H17NO2/c1-20-14-9-11-6-7-18-13-8-10-4-2-3-5-12(10)16(15(11)13)17(14)19/h2-5,9,13,18-19H,6-8H2,1H3/t13-/m0/s1. The number of benzene rings is 2. The molecule has 0 amide bonds. The minimum absolute atomic E-state index is 0.270. The van der Waals surface area contributed by atoms with Crippen molar-refractivity contribution in [1.82, 2.24) is 5.32 Å². The van der Waals surface area contributed by atoms with Gasteiger partial charge >= 0.3 is 0 Å². The van der Waals surface area contributed by atoms with Gasteiger partial charge in [0.2, 0.25) is 0 Å². The summed E-state index contributed by atoms with van der Waals surface area (Å²) in [6, 6.07) is 10.6. The van der Waals surface area contributed by atoms with E-state index in [0.29, 0.717) is 11.8 Å². The largest absolute Gasteiger partial charge is 0.504 e. The lowest BCUT2D eigenvalue weighted by molar-refractivity contribution is 0.370. The van der Waals surface area contributed by atoms with Crippen LogP contribution < -0.4 is 10.1 Å². The zero-order valence-corrected chi connectivity index (χ0v) is 11.4. The smallest absolute Gasteiger partial charge is 0.166 e. The van der Waals surface area contributed by atoms with Crippen LogP contribution in [0.5, 0.6) is 11.5 Å². The zero-order chi connectivity index (χ0) is 13.7. The summed E-state index contributed by atoms with van der Waals surface area (Å²) in [7, 11) is 1.61. The fraction of sp³-hybridized carbons (Fsp3) is 0.294. The molecule has 1 aliphatic carbocycles. The van der Waals surface area contributed by atoms with Crippen molar-refractivity contribution in [2.24, 2.45) is 0 Å². The lowest BCUT2D eigenvalue weighted by Crippen LogP contribution is -2.33. The summed E-state index contributed by atoms with van der Waals surface area (Å²) in [5.74, 6) is 0.850. The normalized spacial score (nSPS) is 19.1. The summed E-state index contributed by atoms with van der Waals surface area (Å²) < 4.78 is 5.36. The van der Waals surface area contributed by atoms with Crippen LogP contribution in [0.1, 0.15) is 22.7 Å². The molecule has 0 saturated carbocycles.